The Hall–Kier alpha value is -1.32. The third-order valence-electron chi connectivity index (χ3n) is 3.60. The van der Waals surface area contributed by atoms with E-state index in [4.69, 9.17) is 0 Å². The zero-order valence-electron chi connectivity index (χ0n) is 12.8. The van der Waals surface area contributed by atoms with Crippen LogP contribution in [0.4, 0.5) is 4.39 Å². The molecule has 0 amide bonds. The molecule has 0 aliphatic carbocycles. The highest BCUT2D eigenvalue weighted by molar-refractivity contribution is 7.98. The Morgan fingerprint density at radius 2 is 1.86 bits per heavy atom. The summed E-state index contributed by atoms with van der Waals surface area (Å²) in [6.07, 6.45) is 0. The summed E-state index contributed by atoms with van der Waals surface area (Å²) in [7, 11) is 0. The number of halogens is 1. The van der Waals surface area contributed by atoms with Gasteiger partial charge >= 0.3 is 0 Å². The van der Waals surface area contributed by atoms with Crippen molar-refractivity contribution in [3.05, 3.63) is 65.0 Å². The molecule has 0 saturated heterocycles. The largest absolute Gasteiger partial charge is 0.310 e. The molecule has 2 rings (SSSR count). The molecule has 0 aromatic heterocycles. The maximum Gasteiger partial charge on any atom is 0.123 e. The molecule has 0 aliphatic rings. The van der Waals surface area contributed by atoms with Crippen molar-refractivity contribution in [3.63, 3.8) is 0 Å². The van der Waals surface area contributed by atoms with Crippen molar-refractivity contribution in [2.45, 2.75) is 37.5 Å². The van der Waals surface area contributed by atoms with Crippen LogP contribution in [0.5, 0.6) is 0 Å². The third-order valence-corrected chi connectivity index (χ3v) is 4.66. The molecule has 0 aliphatic heterocycles. The van der Waals surface area contributed by atoms with Crippen molar-refractivity contribution in [1.29, 1.82) is 0 Å². The van der Waals surface area contributed by atoms with Gasteiger partial charge in [-0.05, 0) is 61.3 Å². The van der Waals surface area contributed by atoms with Crippen molar-refractivity contribution in [3.8, 4) is 0 Å². The van der Waals surface area contributed by atoms with Gasteiger partial charge < -0.3 is 5.32 Å². The van der Waals surface area contributed by atoms with Crippen molar-refractivity contribution >= 4 is 11.8 Å². The smallest absolute Gasteiger partial charge is 0.123 e. The molecule has 2 aromatic rings. The first-order valence-electron chi connectivity index (χ1n) is 7.31. The second-order valence-corrected chi connectivity index (χ2v) is 6.26. The lowest BCUT2D eigenvalue weighted by atomic mass is 10.1. The van der Waals surface area contributed by atoms with Crippen LogP contribution in [0.1, 0.15) is 36.6 Å². The molecule has 0 bridgehead atoms. The van der Waals surface area contributed by atoms with Crippen LogP contribution in [-0.2, 0) is 5.75 Å². The second-order valence-electron chi connectivity index (χ2n) is 5.21. The third kappa shape index (κ3) is 4.58. The van der Waals surface area contributed by atoms with Gasteiger partial charge in [0.05, 0.1) is 0 Å². The summed E-state index contributed by atoms with van der Waals surface area (Å²) in [5.74, 6) is 0.636. The van der Waals surface area contributed by atoms with E-state index in [1.807, 2.05) is 13.0 Å². The fraction of sp³-hybridized carbons (Fsp3) is 0.333. The number of aryl methyl sites for hydroxylation is 1. The molecule has 0 heterocycles. The number of benzene rings is 2. The lowest BCUT2D eigenvalue weighted by Crippen LogP contribution is -2.17. The molecule has 1 nitrogen and oxygen atoms in total. The fourth-order valence-corrected chi connectivity index (χ4v) is 3.20. The summed E-state index contributed by atoms with van der Waals surface area (Å²) in [4.78, 5) is 1.21. The summed E-state index contributed by atoms with van der Waals surface area (Å²) >= 11 is 1.74. The van der Waals surface area contributed by atoms with Crippen LogP contribution in [0, 0.1) is 12.7 Å². The zero-order chi connectivity index (χ0) is 15.2. The molecule has 0 radical (unpaired) electrons. The van der Waals surface area contributed by atoms with Crippen molar-refractivity contribution in [1.82, 2.24) is 5.32 Å². The van der Waals surface area contributed by atoms with E-state index in [-0.39, 0.29) is 5.82 Å². The van der Waals surface area contributed by atoms with Gasteiger partial charge in [-0.1, -0.05) is 25.1 Å². The van der Waals surface area contributed by atoms with Crippen molar-refractivity contribution in [2.75, 3.05) is 6.54 Å². The first-order chi connectivity index (χ1) is 10.1. The average molecular weight is 303 g/mol. The molecule has 21 heavy (non-hydrogen) atoms. The monoisotopic (exact) mass is 303 g/mol. The van der Waals surface area contributed by atoms with Gasteiger partial charge in [0.1, 0.15) is 5.82 Å². The second kappa shape index (κ2) is 7.62. The molecule has 112 valence electrons. The fourth-order valence-electron chi connectivity index (χ4n) is 2.23. The summed E-state index contributed by atoms with van der Waals surface area (Å²) < 4.78 is 13.3. The molecular weight excluding hydrogens is 281 g/mol. The summed E-state index contributed by atoms with van der Waals surface area (Å²) in [5, 5.41) is 3.40. The van der Waals surface area contributed by atoms with Crippen LogP contribution >= 0.6 is 11.8 Å². The Balaban J connectivity index is 1.99. The highest BCUT2D eigenvalue weighted by Gasteiger charge is 2.05. The lowest BCUT2D eigenvalue weighted by molar-refractivity contribution is 0.598. The number of rotatable bonds is 6. The van der Waals surface area contributed by atoms with Gasteiger partial charge in [-0.2, -0.15) is 0 Å². The maximum atomic E-state index is 13.3. The molecule has 1 N–H and O–H groups in total. The van der Waals surface area contributed by atoms with Crippen molar-refractivity contribution in [2.24, 2.45) is 0 Å². The minimum Gasteiger partial charge on any atom is -0.310 e. The molecule has 1 atom stereocenters. The normalized spacial score (nSPS) is 12.4. The highest BCUT2D eigenvalue weighted by Crippen LogP contribution is 2.26. The van der Waals surface area contributed by atoms with E-state index in [0.29, 0.717) is 6.04 Å². The average Bonchev–Trinajstić information content (AvgIpc) is 2.49. The molecule has 1 unspecified atom stereocenters. The Kier molecular flexibility index (Phi) is 5.83. The van der Waals surface area contributed by atoms with Crippen LogP contribution in [0.15, 0.2) is 47.4 Å². The van der Waals surface area contributed by atoms with Crippen molar-refractivity contribution < 1.29 is 4.39 Å². The van der Waals surface area contributed by atoms with Gasteiger partial charge in [0, 0.05) is 16.7 Å². The SMILES string of the molecule is CCNC(C)c1ccc(SCc2cc(F)ccc2C)cc1. The minimum absolute atomic E-state index is 0.161. The number of nitrogens with one attached hydrogen (secondary N) is 1. The number of hydrogen-bond donors (Lipinski definition) is 1. The van der Waals surface area contributed by atoms with Gasteiger partial charge in [-0.3, -0.25) is 0 Å². The Labute approximate surface area is 131 Å². The predicted molar refractivity (Wildman–Crippen MR) is 89.2 cm³/mol. The quantitative estimate of drug-likeness (QED) is 0.745. The van der Waals surface area contributed by atoms with Crippen LogP contribution in [0.2, 0.25) is 0 Å². The standard InChI is InChI=1S/C18H22FNS/c1-4-20-14(3)15-6-9-18(10-7-15)21-12-16-11-17(19)8-5-13(16)2/h5-11,14,20H,4,12H2,1-3H3. The van der Waals surface area contributed by atoms with E-state index in [1.165, 1.54) is 16.5 Å². The molecular formula is C18H22FNS. The summed E-state index contributed by atoms with van der Waals surface area (Å²) in [5.41, 5.74) is 3.49. The summed E-state index contributed by atoms with van der Waals surface area (Å²) in [6.45, 7) is 7.27. The van der Waals surface area contributed by atoms with Gasteiger partial charge in [-0.15, -0.1) is 11.8 Å². The van der Waals surface area contributed by atoms with E-state index in [9.17, 15) is 4.39 Å². The molecule has 0 saturated carbocycles. The summed E-state index contributed by atoms with van der Waals surface area (Å²) in [6, 6.07) is 14.0. The first-order valence-corrected chi connectivity index (χ1v) is 8.30. The van der Waals surface area contributed by atoms with Crippen LogP contribution in [0.3, 0.4) is 0 Å². The topological polar surface area (TPSA) is 12.0 Å². The van der Waals surface area contributed by atoms with Crippen LogP contribution in [-0.4, -0.2) is 6.54 Å². The molecule has 3 heteroatoms. The minimum atomic E-state index is -0.161. The van der Waals surface area contributed by atoms with Crippen LogP contribution < -0.4 is 5.32 Å². The van der Waals surface area contributed by atoms with E-state index < -0.39 is 0 Å². The molecule has 0 spiro atoms. The van der Waals surface area contributed by atoms with Gasteiger partial charge in [0.15, 0.2) is 0 Å². The Morgan fingerprint density at radius 3 is 2.52 bits per heavy atom. The van der Waals surface area contributed by atoms with Crippen LogP contribution in [0.25, 0.3) is 0 Å². The maximum absolute atomic E-state index is 13.3. The Bertz CT molecular complexity index is 580. The van der Waals surface area contributed by atoms with E-state index in [0.717, 1.165) is 23.4 Å². The molecule has 0 fully saturated rings. The Morgan fingerprint density at radius 1 is 1.14 bits per heavy atom. The van der Waals surface area contributed by atoms with Gasteiger partial charge in [0.25, 0.3) is 0 Å². The van der Waals surface area contributed by atoms with E-state index >= 15 is 0 Å². The zero-order valence-corrected chi connectivity index (χ0v) is 13.6. The van der Waals surface area contributed by atoms with E-state index in [1.54, 1.807) is 17.8 Å². The molecule has 2 aromatic carbocycles. The van der Waals surface area contributed by atoms with Gasteiger partial charge in [-0.25, -0.2) is 4.39 Å². The predicted octanol–water partition coefficient (Wildman–Crippen LogP) is 5.10. The highest BCUT2D eigenvalue weighted by atomic mass is 32.2. The lowest BCUT2D eigenvalue weighted by Gasteiger charge is -2.13. The van der Waals surface area contributed by atoms with E-state index in [2.05, 4.69) is 43.4 Å². The number of thioether (sulfide) groups is 1. The van der Waals surface area contributed by atoms with Gasteiger partial charge in [0.2, 0.25) is 0 Å². The number of hydrogen-bond acceptors (Lipinski definition) is 2. The first kappa shape index (κ1) is 16.1.